The first kappa shape index (κ1) is 24.0. The zero-order valence-corrected chi connectivity index (χ0v) is 19.9. The van der Waals surface area contributed by atoms with Crippen LogP contribution in [-0.4, -0.2) is 55.8 Å². The molecule has 0 aliphatic carbocycles. The van der Waals surface area contributed by atoms with Gasteiger partial charge in [0.25, 0.3) is 0 Å². The van der Waals surface area contributed by atoms with E-state index >= 15 is 0 Å². The summed E-state index contributed by atoms with van der Waals surface area (Å²) in [6, 6.07) is 4.58. The zero-order valence-electron chi connectivity index (χ0n) is 16.8. The Hall–Kier alpha value is -1.03. The summed E-state index contributed by atoms with van der Waals surface area (Å²) in [5, 5.41) is 8.98. The summed E-state index contributed by atoms with van der Waals surface area (Å²) in [5.41, 5.74) is 0.0177. The number of carbonyl (C=O) groups is 1. The van der Waals surface area contributed by atoms with Crippen molar-refractivity contribution in [2.45, 2.75) is 52.0 Å². The van der Waals surface area contributed by atoms with Gasteiger partial charge in [-0.3, -0.25) is 4.99 Å². The average molecular weight is 508 g/mol. The van der Waals surface area contributed by atoms with Gasteiger partial charge in [0.05, 0.1) is 13.2 Å². The predicted octanol–water partition coefficient (Wildman–Crippen LogP) is 3.82. The van der Waals surface area contributed by atoms with E-state index in [2.05, 4.69) is 48.9 Å². The Kier molecular flexibility index (Phi) is 10.4. The van der Waals surface area contributed by atoms with Gasteiger partial charge in [0, 0.05) is 36.0 Å². The minimum Gasteiger partial charge on any atom is -0.450 e. The van der Waals surface area contributed by atoms with Crippen LogP contribution in [0.3, 0.4) is 0 Å². The van der Waals surface area contributed by atoms with E-state index in [0.717, 1.165) is 45.0 Å². The number of ether oxygens (including phenoxy) is 1. The summed E-state index contributed by atoms with van der Waals surface area (Å²) in [7, 11) is 0. The molecule has 0 unspecified atom stereocenters. The summed E-state index contributed by atoms with van der Waals surface area (Å²) >= 11 is 1.78. The lowest BCUT2D eigenvalue weighted by Crippen LogP contribution is -2.50. The van der Waals surface area contributed by atoms with Crippen LogP contribution < -0.4 is 10.6 Å². The second-order valence-corrected chi connectivity index (χ2v) is 8.11. The van der Waals surface area contributed by atoms with E-state index in [4.69, 9.17) is 9.73 Å². The molecule has 154 valence electrons. The number of rotatable bonds is 6. The van der Waals surface area contributed by atoms with Crippen LogP contribution in [0.15, 0.2) is 22.5 Å². The fourth-order valence-electron chi connectivity index (χ4n) is 2.95. The molecule has 0 atom stereocenters. The Morgan fingerprint density at radius 2 is 2.07 bits per heavy atom. The number of piperidine rings is 1. The monoisotopic (exact) mass is 508 g/mol. The van der Waals surface area contributed by atoms with Crippen molar-refractivity contribution in [1.82, 2.24) is 15.5 Å². The Morgan fingerprint density at radius 1 is 1.37 bits per heavy atom. The molecule has 1 aromatic rings. The van der Waals surface area contributed by atoms with Gasteiger partial charge in [0.1, 0.15) is 0 Å². The predicted molar refractivity (Wildman–Crippen MR) is 123 cm³/mol. The summed E-state index contributed by atoms with van der Waals surface area (Å²) in [4.78, 5) is 19.7. The van der Waals surface area contributed by atoms with Gasteiger partial charge in [0.15, 0.2) is 5.96 Å². The molecule has 0 saturated carbocycles. The van der Waals surface area contributed by atoms with Crippen molar-refractivity contribution in [2.75, 3.05) is 32.8 Å². The van der Waals surface area contributed by atoms with Crippen LogP contribution in [-0.2, 0) is 10.2 Å². The number of nitrogens with zero attached hydrogens (tertiary/aromatic N) is 2. The zero-order chi connectivity index (χ0) is 19.0. The van der Waals surface area contributed by atoms with Gasteiger partial charge in [-0.05, 0) is 38.1 Å². The van der Waals surface area contributed by atoms with E-state index in [0.29, 0.717) is 12.6 Å². The topological polar surface area (TPSA) is 66.0 Å². The van der Waals surface area contributed by atoms with Crippen LogP contribution in [0.4, 0.5) is 4.79 Å². The molecule has 8 heteroatoms. The number of halogens is 1. The number of hydrogen-bond donors (Lipinski definition) is 2. The first-order valence-electron chi connectivity index (χ1n) is 9.46. The Balaban J connectivity index is 0.00000364. The maximum absolute atomic E-state index is 11.8. The van der Waals surface area contributed by atoms with E-state index in [1.54, 1.807) is 16.2 Å². The lowest BCUT2D eigenvalue weighted by molar-refractivity contribution is 0.0963. The Morgan fingerprint density at radius 3 is 2.63 bits per heavy atom. The van der Waals surface area contributed by atoms with Gasteiger partial charge < -0.3 is 20.3 Å². The highest BCUT2D eigenvalue weighted by Gasteiger charge is 2.25. The molecule has 0 aromatic carbocycles. The Bertz CT molecular complexity index is 585. The van der Waals surface area contributed by atoms with E-state index in [9.17, 15) is 4.79 Å². The molecular formula is C19H33IN4O2S. The van der Waals surface area contributed by atoms with E-state index < -0.39 is 0 Å². The van der Waals surface area contributed by atoms with Crippen molar-refractivity contribution < 1.29 is 9.53 Å². The van der Waals surface area contributed by atoms with Gasteiger partial charge in [-0.25, -0.2) is 4.79 Å². The number of nitrogens with one attached hydrogen (secondary N) is 2. The van der Waals surface area contributed by atoms with Crippen molar-refractivity contribution in [2.24, 2.45) is 4.99 Å². The van der Waals surface area contributed by atoms with Crippen LogP contribution in [0.2, 0.25) is 0 Å². The highest BCUT2D eigenvalue weighted by Crippen LogP contribution is 2.27. The highest BCUT2D eigenvalue weighted by molar-refractivity contribution is 14.0. The maximum Gasteiger partial charge on any atom is 0.409 e. The van der Waals surface area contributed by atoms with Crippen LogP contribution in [0.5, 0.6) is 0 Å². The van der Waals surface area contributed by atoms with Crippen LogP contribution >= 0.6 is 35.3 Å². The molecule has 1 fully saturated rings. The molecular weight excluding hydrogens is 475 g/mol. The molecule has 1 aliphatic heterocycles. The summed E-state index contributed by atoms with van der Waals surface area (Å²) < 4.78 is 5.08. The summed E-state index contributed by atoms with van der Waals surface area (Å²) in [6.45, 7) is 11.8. The van der Waals surface area contributed by atoms with Gasteiger partial charge in [-0.1, -0.05) is 19.9 Å². The molecule has 1 aliphatic rings. The van der Waals surface area contributed by atoms with E-state index in [1.807, 2.05) is 6.92 Å². The van der Waals surface area contributed by atoms with Gasteiger partial charge in [-0.2, -0.15) is 0 Å². The number of likely N-dealkylation sites (tertiary alicyclic amines) is 1. The van der Waals surface area contributed by atoms with Gasteiger partial charge in [0.2, 0.25) is 0 Å². The van der Waals surface area contributed by atoms with Gasteiger partial charge in [-0.15, -0.1) is 35.3 Å². The second-order valence-electron chi connectivity index (χ2n) is 7.16. The van der Waals surface area contributed by atoms with E-state index in [-0.39, 0.29) is 35.5 Å². The van der Waals surface area contributed by atoms with Crippen LogP contribution in [0.1, 0.15) is 45.4 Å². The Labute approximate surface area is 184 Å². The van der Waals surface area contributed by atoms with Crippen molar-refractivity contribution in [3.8, 4) is 0 Å². The van der Waals surface area contributed by atoms with E-state index in [1.165, 1.54) is 4.88 Å². The number of carbonyl (C=O) groups excluding carboxylic acids is 1. The average Bonchev–Trinajstić information content (AvgIpc) is 3.16. The minimum absolute atomic E-state index is 0. The number of hydrogen-bond acceptors (Lipinski definition) is 4. The molecule has 0 radical (unpaired) electrons. The first-order valence-corrected chi connectivity index (χ1v) is 10.3. The standard InChI is InChI=1S/C19H32N4O2S.HI/c1-5-20-17(21-14-19(3,4)16-8-7-13-26-16)22-15-9-11-23(12-10-15)18(24)25-6-2;/h7-8,13,15H,5-6,9-12,14H2,1-4H3,(H2,20,21,22);1H. The second kappa shape index (κ2) is 11.7. The molecule has 27 heavy (non-hydrogen) atoms. The third-order valence-electron chi connectivity index (χ3n) is 4.53. The SMILES string of the molecule is CCNC(=NCC(C)(C)c1cccs1)NC1CCN(C(=O)OCC)CC1.I. The lowest BCUT2D eigenvalue weighted by Gasteiger charge is -2.32. The van der Waals surface area contributed by atoms with Crippen molar-refractivity contribution in [3.63, 3.8) is 0 Å². The molecule has 2 rings (SSSR count). The molecule has 1 amide bonds. The molecule has 1 aromatic heterocycles. The quantitative estimate of drug-likeness (QED) is 0.349. The maximum atomic E-state index is 11.8. The third-order valence-corrected chi connectivity index (χ3v) is 5.76. The number of thiophene rings is 1. The fourth-order valence-corrected chi connectivity index (χ4v) is 3.80. The van der Waals surface area contributed by atoms with Crippen molar-refractivity contribution in [3.05, 3.63) is 22.4 Å². The summed E-state index contributed by atoms with van der Waals surface area (Å²) in [5.74, 6) is 0.853. The molecule has 0 bridgehead atoms. The van der Waals surface area contributed by atoms with Gasteiger partial charge >= 0.3 is 6.09 Å². The van der Waals surface area contributed by atoms with Crippen molar-refractivity contribution in [1.29, 1.82) is 0 Å². The molecule has 2 heterocycles. The number of guanidine groups is 1. The fraction of sp³-hybridized carbons (Fsp3) is 0.684. The normalized spacial score (nSPS) is 15.9. The highest BCUT2D eigenvalue weighted by atomic mass is 127. The number of aliphatic imine (C=N–C) groups is 1. The summed E-state index contributed by atoms with van der Waals surface area (Å²) in [6.07, 6.45) is 1.60. The van der Waals surface area contributed by atoms with Crippen LogP contribution in [0, 0.1) is 0 Å². The smallest absolute Gasteiger partial charge is 0.409 e. The van der Waals surface area contributed by atoms with Crippen LogP contribution in [0.25, 0.3) is 0 Å². The number of amides is 1. The lowest BCUT2D eigenvalue weighted by atomic mass is 9.92. The third kappa shape index (κ3) is 7.48. The molecule has 1 saturated heterocycles. The molecule has 2 N–H and O–H groups in total. The largest absolute Gasteiger partial charge is 0.450 e. The molecule has 6 nitrogen and oxygen atoms in total. The minimum atomic E-state index is -0.204. The molecule has 0 spiro atoms. The van der Waals surface area contributed by atoms with Crippen molar-refractivity contribution >= 4 is 47.4 Å². The first-order chi connectivity index (χ1) is 12.5.